The first-order chi connectivity index (χ1) is 16.9. The molecule has 36 heavy (non-hydrogen) atoms. The minimum Gasteiger partial charge on any atom is -0.449 e. The first kappa shape index (κ1) is 26.0. The predicted molar refractivity (Wildman–Crippen MR) is 127 cm³/mol. The monoisotopic (exact) mass is 504 g/mol. The number of halogens is 3. The molecule has 194 valence electrons. The van der Waals surface area contributed by atoms with Gasteiger partial charge in [-0.2, -0.15) is 13.2 Å². The van der Waals surface area contributed by atoms with Crippen molar-refractivity contribution in [2.75, 3.05) is 6.61 Å². The lowest BCUT2D eigenvalue weighted by molar-refractivity contribution is -0.258. The smallest absolute Gasteiger partial charge is 0.421 e. The lowest BCUT2D eigenvalue weighted by Gasteiger charge is -2.43. The van der Waals surface area contributed by atoms with E-state index in [0.717, 1.165) is 30.5 Å². The molecule has 4 rings (SSSR count). The molecule has 0 radical (unpaired) electrons. The summed E-state index contributed by atoms with van der Waals surface area (Å²) >= 11 is 0. The first-order valence-corrected chi connectivity index (χ1v) is 12.1. The highest BCUT2D eigenvalue weighted by atomic mass is 19.4. The average molecular weight is 505 g/mol. The summed E-state index contributed by atoms with van der Waals surface area (Å²) in [6.45, 7) is 0.861. The number of benzene rings is 2. The van der Waals surface area contributed by atoms with E-state index in [9.17, 15) is 27.9 Å². The normalized spacial score (nSPS) is 24.0. The van der Waals surface area contributed by atoms with Crippen molar-refractivity contribution < 1.29 is 32.6 Å². The summed E-state index contributed by atoms with van der Waals surface area (Å²) < 4.78 is 44.8. The van der Waals surface area contributed by atoms with Gasteiger partial charge in [0.15, 0.2) is 5.60 Å². The maximum atomic E-state index is 13.5. The van der Waals surface area contributed by atoms with Crippen LogP contribution >= 0.6 is 0 Å². The van der Waals surface area contributed by atoms with Crippen molar-refractivity contribution in [3.05, 3.63) is 71.3 Å². The van der Waals surface area contributed by atoms with Gasteiger partial charge in [-0.25, -0.2) is 4.79 Å². The highest BCUT2D eigenvalue weighted by Gasteiger charge is 2.51. The Morgan fingerprint density at radius 2 is 1.56 bits per heavy atom. The van der Waals surface area contributed by atoms with Crippen LogP contribution < -0.4 is 5.73 Å². The summed E-state index contributed by atoms with van der Waals surface area (Å²) in [5, 5.41) is 9.92. The Hall–Kier alpha value is -3.07. The third kappa shape index (κ3) is 5.21. The zero-order chi connectivity index (χ0) is 26.1. The van der Waals surface area contributed by atoms with Crippen LogP contribution in [0.15, 0.2) is 54.6 Å². The molecule has 0 saturated heterocycles. The Bertz CT molecular complexity index is 1070. The zero-order valence-corrected chi connectivity index (χ0v) is 20.1. The molecule has 6 nitrogen and oxygen atoms in total. The summed E-state index contributed by atoms with van der Waals surface area (Å²) in [6.07, 6.45) is -1.10. The van der Waals surface area contributed by atoms with E-state index in [4.69, 9.17) is 10.5 Å². The maximum Gasteiger partial charge on any atom is 0.421 e. The fourth-order valence-electron chi connectivity index (χ4n) is 5.18. The van der Waals surface area contributed by atoms with Crippen LogP contribution in [0.1, 0.15) is 66.9 Å². The number of rotatable bonds is 7. The van der Waals surface area contributed by atoms with Crippen molar-refractivity contribution >= 4 is 12.0 Å². The number of carbonyl (C=O) groups is 2. The van der Waals surface area contributed by atoms with Crippen molar-refractivity contribution in [1.29, 1.82) is 0 Å². The largest absolute Gasteiger partial charge is 0.449 e. The van der Waals surface area contributed by atoms with Crippen molar-refractivity contribution in [1.82, 2.24) is 4.90 Å². The number of primary amides is 1. The molecular weight excluding hydrogens is 473 g/mol. The molecule has 0 heterocycles. The van der Waals surface area contributed by atoms with E-state index in [0.29, 0.717) is 38.2 Å². The van der Waals surface area contributed by atoms with E-state index in [1.807, 2.05) is 35.2 Å². The van der Waals surface area contributed by atoms with Gasteiger partial charge in [0.05, 0.1) is 0 Å². The average Bonchev–Trinajstić information content (AvgIpc) is 3.69. The molecule has 2 aliphatic carbocycles. The molecule has 2 aliphatic rings. The number of alkyl halides is 3. The van der Waals surface area contributed by atoms with Crippen LogP contribution in [0.4, 0.5) is 18.0 Å². The predicted octanol–water partition coefficient (Wildman–Crippen LogP) is 5.04. The second-order valence-corrected chi connectivity index (χ2v) is 10.1. The highest BCUT2D eigenvalue weighted by Crippen LogP contribution is 2.44. The summed E-state index contributed by atoms with van der Waals surface area (Å²) in [6, 6.07) is 14.9. The summed E-state index contributed by atoms with van der Waals surface area (Å²) in [7, 11) is 0. The topological polar surface area (TPSA) is 92.9 Å². The second-order valence-electron chi connectivity index (χ2n) is 10.1. The molecule has 0 spiro atoms. The molecule has 9 heteroatoms. The second kappa shape index (κ2) is 9.76. The Morgan fingerprint density at radius 3 is 2.06 bits per heavy atom. The minimum absolute atomic E-state index is 0.0339. The number of hydrogen-bond acceptors (Lipinski definition) is 4. The number of hydrogen-bond donors (Lipinski definition) is 2. The van der Waals surface area contributed by atoms with Gasteiger partial charge >= 0.3 is 12.3 Å². The van der Waals surface area contributed by atoms with Gasteiger partial charge in [-0.05, 0) is 68.7 Å². The van der Waals surface area contributed by atoms with Gasteiger partial charge in [0, 0.05) is 23.1 Å². The Morgan fingerprint density at radius 1 is 1.00 bits per heavy atom. The number of amides is 2. The van der Waals surface area contributed by atoms with Crippen molar-refractivity contribution in [3.8, 4) is 0 Å². The van der Waals surface area contributed by atoms with Crippen LogP contribution in [0, 0.1) is 0 Å². The molecule has 1 unspecified atom stereocenters. The fraction of sp³-hybridized carbons (Fsp3) is 0.481. The van der Waals surface area contributed by atoms with E-state index in [-0.39, 0.29) is 30.2 Å². The summed E-state index contributed by atoms with van der Waals surface area (Å²) in [4.78, 5) is 26.7. The Kier molecular flexibility index (Phi) is 7.05. The van der Waals surface area contributed by atoms with Gasteiger partial charge in [-0.15, -0.1) is 0 Å². The molecule has 2 aromatic rings. The standard InChI is InChI=1S/C27H31F3N2O4/c1-25(35,27(28,29)30)19-9-7-18(8-10-19)23(33)32(21-11-12-21)22-13-15-26(16-14-22,17-36-24(31)34)20-5-3-2-4-6-20/h2-10,21-22,35H,11-17H2,1H3,(H2,31,34). The lowest BCUT2D eigenvalue weighted by atomic mass is 9.68. The number of ether oxygens (including phenoxy) is 1. The van der Waals surface area contributed by atoms with Gasteiger partial charge in [0.1, 0.15) is 6.61 Å². The SMILES string of the molecule is CC(O)(c1ccc(C(=O)N(C2CC2)C2CCC(COC(N)=O)(c3ccccc3)CC2)cc1)C(F)(F)F. The molecule has 2 saturated carbocycles. The third-order valence-corrected chi connectivity index (χ3v) is 7.60. The van der Waals surface area contributed by atoms with E-state index in [1.54, 1.807) is 0 Å². The van der Waals surface area contributed by atoms with Crippen molar-refractivity contribution in [3.63, 3.8) is 0 Å². The molecule has 2 amide bonds. The number of aliphatic hydroxyl groups is 1. The van der Waals surface area contributed by atoms with E-state index >= 15 is 0 Å². The van der Waals surface area contributed by atoms with E-state index < -0.39 is 23.3 Å². The van der Waals surface area contributed by atoms with Crippen LogP contribution in [0.3, 0.4) is 0 Å². The molecule has 0 bridgehead atoms. The van der Waals surface area contributed by atoms with Gasteiger partial charge in [0.2, 0.25) is 0 Å². The number of nitrogens with zero attached hydrogens (tertiary/aromatic N) is 1. The van der Waals surface area contributed by atoms with Gasteiger partial charge in [-0.1, -0.05) is 42.5 Å². The Balaban J connectivity index is 1.51. The lowest BCUT2D eigenvalue weighted by Crippen LogP contribution is -2.48. The zero-order valence-electron chi connectivity index (χ0n) is 20.1. The molecule has 0 aromatic heterocycles. The van der Waals surface area contributed by atoms with Gasteiger partial charge < -0.3 is 20.5 Å². The summed E-state index contributed by atoms with van der Waals surface area (Å²) in [5.41, 5.74) is 2.89. The quantitative estimate of drug-likeness (QED) is 0.553. The van der Waals surface area contributed by atoms with Crippen LogP contribution in [0.2, 0.25) is 0 Å². The Labute approximate surface area is 208 Å². The number of nitrogens with two attached hydrogens (primary N) is 1. The van der Waals surface area contributed by atoms with Crippen LogP contribution in [0.25, 0.3) is 0 Å². The molecule has 1 atom stereocenters. The third-order valence-electron chi connectivity index (χ3n) is 7.60. The van der Waals surface area contributed by atoms with Crippen LogP contribution in [-0.4, -0.2) is 46.9 Å². The molecule has 2 fully saturated rings. The maximum absolute atomic E-state index is 13.5. The molecule has 3 N–H and O–H groups in total. The van der Waals surface area contributed by atoms with Crippen molar-refractivity contribution in [2.45, 2.75) is 74.7 Å². The van der Waals surface area contributed by atoms with Crippen LogP contribution in [-0.2, 0) is 15.8 Å². The summed E-state index contributed by atoms with van der Waals surface area (Å²) in [5.74, 6) is -0.221. The number of carbonyl (C=O) groups excluding carboxylic acids is 2. The van der Waals surface area contributed by atoms with Crippen molar-refractivity contribution in [2.24, 2.45) is 5.73 Å². The van der Waals surface area contributed by atoms with Crippen LogP contribution in [0.5, 0.6) is 0 Å². The van der Waals surface area contributed by atoms with E-state index in [2.05, 4.69) is 0 Å². The molecular formula is C27H31F3N2O4. The van der Waals surface area contributed by atoms with E-state index in [1.165, 1.54) is 12.1 Å². The van der Waals surface area contributed by atoms with Gasteiger partial charge in [0.25, 0.3) is 5.91 Å². The molecule has 2 aromatic carbocycles. The minimum atomic E-state index is -4.83. The fourth-order valence-corrected chi connectivity index (χ4v) is 5.18. The van der Waals surface area contributed by atoms with Gasteiger partial charge in [-0.3, -0.25) is 4.79 Å². The highest BCUT2D eigenvalue weighted by molar-refractivity contribution is 5.95. The first-order valence-electron chi connectivity index (χ1n) is 12.1. The molecule has 0 aliphatic heterocycles.